The number of hydrogen-bond donors (Lipinski definition) is 0. The summed E-state index contributed by atoms with van der Waals surface area (Å²) in [6, 6.07) is 8.24. The van der Waals surface area contributed by atoms with E-state index in [1.807, 2.05) is 12.1 Å². The van der Waals surface area contributed by atoms with Crippen LogP contribution in [0.2, 0.25) is 0 Å². The van der Waals surface area contributed by atoms with Crippen LogP contribution in [0.3, 0.4) is 0 Å². The van der Waals surface area contributed by atoms with Gasteiger partial charge in [-0.2, -0.15) is 0 Å². The third-order valence-corrected chi connectivity index (χ3v) is 4.26. The van der Waals surface area contributed by atoms with Gasteiger partial charge in [0.2, 0.25) is 0 Å². The topological polar surface area (TPSA) is 27.1 Å². The molecule has 0 aliphatic carbocycles. The minimum Gasteiger partial charge on any atom is -0.378 e. The highest BCUT2D eigenvalue weighted by molar-refractivity contribution is 6.16. The quantitative estimate of drug-likeness (QED) is 0.799. The Morgan fingerprint density at radius 1 is 1.42 bits per heavy atom. The molecule has 1 aromatic heterocycles. The molecule has 1 aromatic carbocycles. The van der Waals surface area contributed by atoms with E-state index in [-0.39, 0.29) is 0 Å². The maximum absolute atomic E-state index is 6.04. The van der Waals surface area contributed by atoms with E-state index < -0.39 is 0 Å². The van der Waals surface area contributed by atoms with E-state index in [9.17, 15) is 0 Å². The summed E-state index contributed by atoms with van der Waals surface area (Å²) in [6.07, 6.45) is 2.59. The van der Waals surface area contributed by atoms with Crippen molar-refractivity contribution < 1.29 is 4.74 Å². The first kappa shape index (κ1) is 12.9. The van der Waals surface area contributed by atoms with Crippen LogP contribution in [-0.4, -0.2) is 22.3 Å². The van der Waals surface area contributed by atoms with Gasteiger partial charge in [0.1, 0.15) is 5.82 Å². The Morgan fingerprint density at radius 2 is 2.26 bits per heavy atom. The number of nitrogens with zero attached hydrogens (tertiary/aromatic N) is 2. The Morgan fingerprint density at radius 3 is 3.05 bits per heavy atom. The van der Waals surface area contributed by atoms with Crippen LogP contribution in [0.15, 0.2) is 24.3 Å². The molecule has 0 spiro atoms. The largest absolute Gasteiger partial charge is 0.378 e. The first-order chi connectivity index (χ1) is 9.33. The Hall–Kier alpha value is -1.06. The molecule has 2 heterocycles. The van der Waals surface area contributed by atoms with E-state index in [1.54, 1.807) is 0 Å². The fourth-order valence-corrected chi connectivity index (χ4v) is 3.22. The number of aromatic nitrogens is 2. The molecule has 19 heavy (non-hydrogen) atoms. The molecule has 2 aromatic rings. The van der Waals surface area contributed by atoms with Gasteiger partial charge in [-0.15, -0.1) is 11.6 Å². The second-order valence-corrected chi connectivity index (χ2v) is 5.39. The Labute approximate surface area is 118 Å². The standard InChI is InChI=1S/C15H19ClN2O/c1-2-14-11(7-8-19-14)10-18-13-6-4-3-5-12(13)17-15(18)9-16/h3-6,11,14H,2,7-10H2,1H3. The lowest BCUT2D eigenvalue weighted by Crippen LogP contribution is -2.21. The fraction of sp³-hybridized carbons (Fsp3) is 0.533. The fourth-order valence-electron chi connectivity index (χ4n) is 3.02. The lowest BCUT2D eigenvalue weighted by Gasteiger charge is -2.18. The van der Waals surface area contributed by atoms with Crippen LogP contribution in [0.5, 0.6) is 0 Å². The Bertz CT molecular complexity index is 566. The van der Waals surface area contributed by atoms with Gasteiger partial charge in [-0.3, -0.25) is 0 Å². The molecule has 0 saturated carbocycles. The van der Waals surface area contributed by atoms with Crippen molar-refractivity contribution in [2.24, 2.45) is 5.92 Å². The molecule has 3 nitrogen and oxygen atoms in total. The minimum absolute atomic E-state index is 0.379. The van der Waals surface area contributed by atoms with Gasteiger partial charge < -0.3 is 9.30 Å². The molecule has 3 rings (SSSR count). The molecule has 0 bridgehead atoms. The summed E-state index contributed by atoms with van der Waals surface area (Å²) in [6.45, 7) is 4.03. The molecule has 102 valence electrons. The van der Waals surface area contributed by atoms with E-state index in [4.69, 9.17) is 16.3 Å². The van der Waals surface area contributed by atoms with Crippen molar-refractivity contribution in [1.29, 1.82) is 0 Å². The summed E-state index contributed by atoms with van der Waals surface area (Å²) in [5, 5.41) is 0. The number of rotatable bonds is 4. The number of alkyl halides is 1. The highest BCUT2D eigenvalue weighted by Gasteiger charge is 2.28. The molecular weight excluding hydrogens is 260 g/mol. The number of hydrogen-bond acceptors (Lipinski definition) is 2. The van der Waals surface area contributed by atoms with Gasteiger partial charge in [0.25, 0.3) is 0 Å². The number of ether oxygens (including phenoxy) is 1. The number of halogens is 1. The van der Waals surface area contributed by atoms with E-state index >= 15 is 0 Å². The highest BCUT2D eigenvalue weighted by atomic mass is 35.5. The van der Waals surface area contributed by atoms with Crippen molar-refractivity contribution in [3.05, 3.63) is 30.1 Å². The third kappa shape index (κ3) is 2.37. The van der Waals surface area contributed by atoms with Crippen LogP contribution in [0, 0.1) is 5.92 Å². The van der Waals surface area contributed by atoms with Crippen LogP contribution in [0.25, 0.3) is 11.0 Å². The zero-order valence-electron chi connectivity index (χ0n) is 11.2. The van der Waals surface area contributed by atoms with Crippen molar-refractivity contribution in [1.82, 2.24) is 9.55 Å². The SMILES string of the molecule is CCC1OCCC1Cn1c(CCl)nc2ccccc21. The molecule has 4 heteroatoms. The maximum Gasteiger partial charge on any atom is 0.124 e. The Kier molecular flexibility index (Phi) is 3.76. The number of imidazole rings is 1. The summed E-state index contributed by atoms with van der Waals surface area (Å²) in [5.74, 6) is 1.99. The predicted octanol–water partition coefficient (Wildman–Crippen LogP) is 3.59. The van der Waals surface area contributed by atoms with E-state index in [2.05, 4.69) is 28.6 Å². The number of benzene rings is 1. The smallest absolute Gasteiger partial charge is 0.124 e. The molecule has 0 radical (unpaired) electrons. The van der Waals surface area contributed by atoms with Crippen molar-refractivity contribution >= 4 is 22.6 Å². The number of fused-ring (bicyclic) bond motifs is 1. The highest BCUT2D eigenvalue weighted by Crippen LogP contribution is 2.27. The van der Waals surface area contributed by atoms with Crippen LogP contribution in [0.4, 0.5) is 0 Å². The normalized spacial score (nSPS) is 23.3. The summed E-state index contributed by atoms with van der Waals surface area (Å²) >= 11 is 6.04. The van der Waals surface area contributed by atoms with E-state index in [0.29, 0.717) is 17.9 Å². The zero-order chi connectivity index (χ0) is 13.2. The molecular formula is C15H19ClN2O. The molecule has 1 fully saturated rings. The van der Waals surface area contributed by atoms with E-state index in [1.165, 1.54) is 5.52 Å². The van der Waals surface area contributed by atoms with Crippen molar-refractivity contribution in [3.8, 4) is 0 Å². The van der Waals surface area contributed by atoms with Crippen molar-refractivity contribution in [3.63, 3.8) is 0 Å². The predicted molar refractivity (Wildman–Crippen MR) is 77.4 cm³/mol. The zero-order valence-corrected chi connectivity index (χ0v) is 11.9. The molecule has 2 unspecified atom stereocenters. The maximum atomic E-state index is 6.04. The van der Waals surface area contributed by atoms with Gasteiger partial charge in [-0.05, 0) is 25.0 Å². The second kappa shape index (κ2) is 5.51. The Balaban J connectivity index is 1.95. The lowest BCUT2D eigenvalue weighted by atomic mass is 9.99. The van der Waals surface area contributed by atoms with Gasteiger partial charge in [-0.1, -0.05) is 19.1 Å². The van der Waals surface area contributed by atoms with Gasteiger partial charge in [-0.25, -0.2) is 4.98 Å². The summed E-state index contributed by atoms with van der Waals surface area (Å²) < 4.78 is 8.05. The molecule has 1 saturated heterocycles. The van der Waals surface area contributed by atoms with Gasteiger partial charge in [0.15, 0.2) is 0 Å². The molecule has 1 aliphatic heterocycles. The van der Waals surface area contributed by atoms with Gasteiger partial charge in [0.05, 0.1) is 23.0 Å². The third-order valence-electron chi connectivity index (χ3n) is 4.02. The van der Waals surface area contributed by atoms with Crippen LogP contribution < -0.4 is 0 Å². The second-order valence-electron chi connectivity index (χ2n) is 5.13. The number of para-hydroxylation sites is 2. The van der Waals surface area contributed by atoms with Crippen LogP contribution in [0.1, 0.15) is 25.6 Å². The lowest BCUT2D eigenvalue weighted by molar-refractivity contribution is 0.0836. The molecule has 1 aliphatic rings. The molecule has 0 amide bonds. The summed E-state index contributed by atoms with van der Waals surface area (Å²) in [4.78, 5) is 4.61. The van der Waals surface area contributed by atoms with Crippen molar-refractivity contribution in [2.45, 2.75) is 38.3 Å². The average molecular weight is 279 g/mol. The molecule has 2 atom stereocenters. The molecule has 0 N–H and O–H groups in total. The first-order valence-electron chi connectivity index (χ1n) is 6.95. The van der Waals surface area contributed by atoms with Crippen LogP contribution >= 0.6 is 11.6 Å². The summed E-state index contributed by atoms with van der Waals surface area (Å²) in [7, 11) is 0. The minimum atomic E-state index is 0.379. The van der Waals surface area contributed by atoms with Crippen LogP contribution in [-0.2, 0) is 17.2 Å². The summed E-state index contributed by atoms with van der Waals surface area (Å²) in [5.41, 5.74) is 2.21. The van der Waals surface area contributed by atoms with Gasteiger partial charge >= 0.3 is 0 Å². The average Bonchev–Trinajstić information content (AvgIpc) is 3.04. The van der Waals surface area contributed by atoms with E-state index in [0.717, 1.165) is 37.3 Å². The van der Waals surface area contributed by atoms with Gasteiger partial charge in [0, 0.05) is 19.1 Å². The monoisotopic (exact) mass is 278 g/mol. The first-order valence-corrected chi connectivity index (χ1v) is 7.48. The van der Waals surface area contributed by atoms with Crippen molar-refractivity contribution in [2.75, 3.05) is 6.61 Å².